The maximum Gasteiger partial charge on any atom is 0.217 e. The molecule has 1 unspecified atom stereocenters. The van der Waals surface area contributed by atoms with Gasteiger partial charge in [-0.25, -0.2) is 9.50 Å². The van der Waals surface area contributed by atoms with E-state index in [1.54, 1.807) is 13.3 Å². The fourth-order valence-electron chi connectivity index (χ4n) is 3.93. The van der Waals surface area contributed by atoms with Gasteiger partial charge in [0.1, 0.15) is 11.8 Å². The van der Waals surface area contributed by atoms with Gasteiger partial charge in [0.2, 0.25) is 5.88 Å². The minimum atomic E-state index is -0.124. The predicted molar refractivity (Wildman–Crippen MR) is 113 cm³/mol. The van der Waals surface area contributed by atoms with Crippen molar-refractivity contribution < 1.29 is 9.47 Å². The van der Waals surface area contributed by atoms with Crippen LogP contribution >= 0.6 is 0 Å². The van der Waals surface area contributed by atoms with Crippen LogP contribution < -0.4 is 4.74 Å². The predicted octanol–water partition coefficient (Wildman–Crippen LogP) is 3.37. The van der Waals surface area contributed by atoms with Crippen LogP contribution in [0.15, 0.2) is 67.0 Å². The highest BCUT2D eigenvalue weighted by atomic mass is 16.5. The first-order valence-electron chi connectivity index (χ1n) is 10.0. The highest BCUT2D eigenvalue weighted by Crippen LogP contribution is 2.28. The zero-order valence-corrected chi connectivity index (χ0v) is 16.8. The van der Waals surface area contributed by atoms with Crippen molar-refractivity contribution in [2.75, 3.05) is 26.8 Å². The molecule has 0 bridgehead atoms. The van der Waals surface area contributed by atoms with Gasteiger partial charge in [-0.2, -0.15) is 0 Å². The van der Waals surface area contributed by atoms with Crippen LogP contribution in [0.2, 0.25) is 0 Å². The normalized spacial score (nSPS) is 17.3. The molecule has 4 aromatic rings. The van der Waals surface area contributed by atoms with Crippen LogP contribution in [0, 0.1) is 0 Å². The Hall–Kier alpha value is -3.29. The summed E-state index contributed by atoms with van der Waals surface area (Å²) in [5.74, 6) is 0.670. The minimum absolute atomic E-state index is 0.124. The third-order valence-corrected chi connectivity index (χ3v) is 5.44. The summed E-state index contributed by atoms with van der Waals surface area (Å²) in [6.45, 7) is 3.00. The highest BCUT2D eigenvalue weighted by molar-refractivity contribution is 5.66. The number of rotatable bonds is 5. The van der Waals surface area contributed by atoms with Gasteiger partial charge >= 0.3 is 0 Å². The second-order valence-electron chi connectivity index (χ2n) is 7.35. The third kappa shape index (κ3) is 3.65. The maximum atomic E-state index is 6.07. The average Bonchev–Trinajstić information content (AvgIpc) is 3.23. The van der Waals surface area contributed by atoms with Crippen LogP contribution in [-0.2, 0) is 11.3 Å². The summed E-state index contributed by atoms with van der Waals surface area (Å²) in [5.41, 5.74) is 5.18. The zero-order valence-electron chi connectivity index (χ0n) is 16.8. The summed E-state index contributed by atoms with van der Waals surface area (Å²) < 4.78 is 13.3. The average molecular weight is 401 g/mol. The molecule has 0 N–H and O–H groups in total. The van der Waals surface area contributed by atoms with E-state index in [-0.39, 0.29) is 6.10 Å². The Morgan fingerprint density at radius 1 is 1.07 bits per heavy atom. The van der Waals surface area contributed by atoms with Crippen molar-refractivity contribution in [3.05, 3.63) is 78.2 Å². The summed E-state index contributed by atoms with van der Waals surface area (Å²) >= 11 is 0. The van der Waals surface area contributed by atoms with E-state index in [1.165, 1.54) is 0 Å². The van der Waals surface area contributed by atoms with Gasteiger partial charge in [-0.1, -0.05) is 47.7 Å². The van der Waals surface area contributed by atoms with Crippen LogP contribution in [0.25, 0.3) is 16.6 Å². The van der Waals surface area contributed by atoms with Gasteiger partial charge in [0.05, 0.1) is 19.2 Å². The molecule has 30 heavy (non-hydrogen) atoms. The molecule has 0 amide bonds. The molecule has 1 saturated heterocycles. The number of fused-ring (bicyclic) bond motifs is 1. The first-order valence-corrected chi connectivity index (χ1v) is 10.0. The first-order chi connectivity index (χ1) is 14.8. The molecule has 3 aromatic heterocycles. The fourth-order valence-corrected chi connectivity index (χ4v) is 3.93. The van der Waals surface area contributed by atoms with Gasteiger partial charge in [-0.15, -0.1) is 5.10 Å². The molecule has 1 fully saturated rings. The standard InChI is InChI=1S/C23H23N5O2/c1-29-23-19(8-5-11-24-23)14-27-12-13-30-21(16-27)22-20-10-9-18(15-28(20)26-25-22)17-6-3-2-4-7-17/h2-11,15,21H,12-14,16H2,1H3. The molecule has 1 atom stereocenters. The lowest BCUT2D eigenvalue weighted by Crippen LogP contribution is -2.38. The molecule has 0 spiro atoms. The molecule has 1 aliphatic heterocycles. The van der Waals surface area contributed by atoms with E-state index >= 15 is 0 Å². The van der Waals surface area contributed by atoms with Crippen LogP contribution in [0.3, 0.4) is 0 Å². The lowest BCUT2D eigenvalue weighted by molar-refractivity contribution is -0.0345. The zero-order chi connectivity index (χ0) is 20.3. The van der Waals surface area contributed by atoms with Gasteiger partial charge in [0.25, 0.3) is 0 Å². The van der Waals surface area contributed by atoms with Crippen molar-refractivity contribution in [3.63, 3.8) is 0 Å². The van der Waals surface area contributed by atoms with Crippen molar-refractivity contribution >= 4 is 5.52 Å². The number of methoxy groups -OCH3 is 1. The van der Waals surface area contributed by atoms with Gasteiger partial charge in [0.15, 0.2) is 0 Å². The smallest absolute Gasteiger partial charge is 0.217 e. The molecule has 5 rings (SSSR count). The van der Waals surface area contributed by atoms with Gasteiger partial charge in [-0.05, 0) is 17.7 Å². The van der Waals surface area contributed by atoms with Crippen molar-refractivity contribution in [2.45, 2.75) is 12.6 Å². The van der Waals surface area contributed by atoms with E-state index in [0.717, 1.165) is 47.5 Å². The quantitative estimate of drug-likeness (QED) is 0.511. The molecule has 7 nitrogen and oxygen atoms in total. The third-order valence-electron chi connectivity index (χ3n) is 5.44. The van der Waals surface area contributed by atoms with Crippen LogP contribution in [0.1, 0.15) is 17.4 Å². The van der Waals surface area contributed by atoms with Crippen molar-refractivity contribution in [1.29, 1.82) is 0 Å². The minimum Gasteiger partial charge on any atom is -0.481 e. The molecule has 152 valence electrons. The van der Waals surface area contributed by atoms with E-state index < -0.39 is 0 Å². The Morgan fingerprint density at radius 3 is 2.83 bits per heavy atom. The Morgan fingerprint density at radius 2 is 1.97 bits per heavy atom. The molecular formula is C23H23N5O2. The highest BCUT2D eigenvalue weighted by Gasteiger charge is 2.27. The number of benzene rings is 1. The second-order valence-corrected chi connectivity index (χ2v) is 7.35. The van der Waals surface area contributed by atoms with Crippen LogP contribution in [0.4, 0.5) is 0 Å². The number of aromatic nitrogens is 4. The SMILES string of the molecule is COc1ncccc1CN1CCOC(c2nnn3cc(-c4ccccc4)ccc23)C1. The lowest BCUT2D eigenvalue weighted by atomic mass is 10.1. The van der Waals surface area contributed by atoms with Crippen molar-refractivity contribution in [2.24, 2.45) is 0 Å². The molecule has 1 aliphatic rings. The van der Waals surface area contributed by atoms with Crippen LogP contribution in [0.5, 0.6) is 5.88 Å². The summed E-state index contributed by atoms with van der Waals surface area (Å²) in [5, 5.41) is 8.81. The Labute approximate surface area is 174 Å². The largest absolute Gasteiger partial charge is 0.481 e. The molecule has 4 heterocycles. The van der Waals surface area contributed by atoms with E-state index in [1.807, 2.05) is 35.0 Å². The number of hydrogen-bond donors (Lipinski definition) is 0. The van der Waals surface area contributed by atoms with Gasteiger partial charge in [0, 0.05) is 43.2 Å². The van der Waals surface area contributed by atoms with E-state index in [4.69, 9.17) is 9.47 Å². The molecule has 0 radical (unpaired) electrons. The maximum absolute atomic E-state index is 6.07. The van der Waals surface area contributed by atoms with E-state index in [0.29, 0.717) is 12.5 Å². The van der Waals surface area contributed by atoms with Crippen LogP contribution in [-0.4, -0.2) is 51.5 Å². The van der Waals surface area contributed by atoms with E-state index in [9.17, 15) is 0 Å². The molecular weight excluding hydrogens is 378 g/mol. The monoisotopic (exact) mass is 401 g/mol. The summed E-state index contributed by atoms with van der Waals surface area (Å²) in [7, 11) is 1.65. The van der Waals surface area contributed by atoms with E-state index in [2.05, 4.69) is 50.5 Å². The molecule has 1 aromatic carbocycles. The summed E-state index contributed by atoms with van der Waals surface area (Å²) in [4.78, 5) is 6.64. The van der Waals surface area contributed by atoms with Crippen molar-refractivity contribution in [3.8, 4) is 17.0 Å². The number of nitrogens with zero attached hydrogens (tertiary/aromatic N) is 5. The topological polar surface area (TPSA) is 64.8 Å². The number of ether oxygens (including phenoxy) is 2. The first kappa shape index (κ1) is 18.7. The fraction of sp³-hybridized carbons (Fsp3) is 0.261. The van der Waals surface area contributed by atoms with Crippen molar-refractivity contribution in [1.82, 2.24) is 24.7 Å². The number of pyridine rings is 2. The Bertz CT molecular complexity index is 1140. The second kappa shape index (κ2) is 8.22. The lowest BCUT2D eigenvalue weighted by Gasteiger charge is -2.32. The molecule has 0 aliphatic carbocycles. The Balaban J connectivity index is 1.37. The number of morpholine rings is 1. The Kier molecular flexibility index (Phi) is 5.13. The molecule has 0 saturated carbocycles. The van der Waals surface area contributed by atoms with Gasteiger partial charge in [-0.3, -0.25) is 4.90 Å². The van der Waals surface area contributed by atoms with Gasteiger partial charge < -0.3 is 9.47 Å². The molecule has 7 heteroatoms. The summed E-state index contributed by atoms with van der Waals surface area (Å²) in [6.07, 6.45) is 3.64. The summed E-state index contributed by atoms with van der Waals surface area (Å²) in [6, 6.07) is 18.4. The number of hydrogen-bond acceptors (Lipinski definition) is 6.